The zero-order chi connectivity index (χ0) is 21.4. The fraction of sp³-hybridized carbons (Fsp3) is 0.750. The lowest BCUT2D eigenvalue weighted by atomic mass is 9.67. The first kappa shape index (κ1) is 21.3. The van der Waals surface area contributed by atoms with Crippen LogP contribution in [0.2, 0.25) is 0 Å². The van der Waals surface area contributed by atoms with E-state index in [2.05, 4.69) is 36.2 Å². The van der Waals surface area contributed by atoms with E-state index in [0.29, 0.717) is 24.6 Å². The third-order valence-electron chi connectivity index (χ3n) is 5.95. The normalized spacial score (nSPS) is 25.0. The highest BCUT2D eigenvalue weighted by Crippen LogP contribution is 2.43. The average Bonchev–Trinajstić information content (AvgIpc) is 3.20. The van der Waals surface area contributed by atoms with Gasteiger partial charge >= 0.3 is 12.0 Å². The quantitative estimate of drug-likeness (QED) is 0.590. The molecule has 0 bridgehead atoms. The summed E-state index contributed by atoms with van der Waals surface area (Å²) >= 11 is 0. The number of urea groups is 1. The van der Waals surface area contributed by atoms with Crippen molar-refractivity contribution in [3.8, 4) is 0 Å². The fourth-order valence-electron chi connectivity index (χ4n) is 4.01. The molecule has 1 N–H and O–H groups in total. The van der Waals surface area contributed by atoms with Gasteiger partial charge in [0.1, 0.15) is 12.1 Å². The second-order valence-corrected chi connectivity index (χ2v) is 9.41. The van der Waals surface area contributed by atoms with Crippen molar-refractivity contribution in [2.45, 2.75) is 78.4 Å². The van der Waals surface area contributed by atoms with E-state index in [-0.39, 0.29) is 29.7 Å². The molecule has 29 heavy (non-hydrogen) atoms. The Morgan fingerprint density at radius 2 is 1.97 bits per heavy atom. The second kappa shape index (κ2) is 7.76. The third-order valence-corrected chi connectivity index (χ3v) is 5.95. The van der Waals surface area contributed by atoms with Crippen LogP contribution < -0.4 is 5.32 Å². The maximum absolute atomic E-state index is 12.9. The van der Waals surface area contributed by atoms with Gasteiger partial charge in [0.25, 0.3) is 11.8 Å². The van der Waals surface area contributed by atoms with Gasteiger partial charge in [-0.2, -0.15) is 4.98 Å². The topological polar surface area (TPSA) is 115 Å². The van der Waals surface area contributed by atoms with Gasteiger partial charge in [-0.05, 0) is 37.0 Å². The number of aromatic nitrogens is 2. The van der Waals surface area contributed by atoms with Gasteiger partial charge in [0.05, 0.1) is 0 Å². The van der Waals surface area contributed by atoms with Crippen LogP contribution in [0.1, 0.15) is 77.9 Å². The lowest BCUT2D eigenvalue weighted by Gasteiger charge is -2.40. The Morgan fingerprint density at radius 1 is 1.31 bits per heavy atom. The summed E-state index contributed by atoms with van der Waals surface area (Å²) < 4.78 is 10.1. The van der Waals surface area contributed by atoms with Gasteiger partial charge in [0.2, 0.25) is 0 Å². The number of carbonyl (C=O) groups excluding carboxylic acids is 3. The zero-order valence-electron chi connectivity index (χ0n) is 17.8. The van der Waals surface area contributed by atoms with Crippen molar-refractivity contribution in [2.24, 2.45) is 11.3 Å². The van der Waals surface area contributed by atoms with Crippen molar-refractivity contribution in [1.29, 1.82) is 0 Å². The van der Waals surface area contributed by atoms with Crippen LogP contribution in [0.3, 0.4) is 0 Å². The van der Waals surface area contributed by atoms with Crippen molar-refractivity contribution in [1.82, 2.24) is 20.4 Å². The Hall–Kier alpha value is -2.45. The molecule has 3 amide bonds. The summed E-state index contributed by atoms with van der Waals surface area (Å²) in [7, 11) is 0. The fourth-order valence-corrected chi connectivity index (χ4v) is 4.01. The van der Waals surface area contributed by atoms with Crippen LogP contribution in [0.15, 0.2) is 4.52 Å². The molecule has 9 nitrogen and oxygen atoms in total. The molecule has 2 aliphatic rings. The summed E-state index contributed by atoms with van der Waals surface area (Å²) in [5.41, 5.74) is -0.724. The van der Waals surface area contributed by atoms with E-state index in [1.165, 1.54) is 0 Å². The van der Waals surface area contributed by atoms with Gasteiger partial charge in [0, 0.05) is 5.92 Å². The van der Waals surface area contributed by atoms with Crippen LogP contribution in [0, 0.1) is 11.3 Å². The summed E-state index contributed by atoms with van der Waals surface area (Å²) in [6, 6.07) is -0.541. The van der Waals surface area contributed by atoms with Gasteiger partial charge in [-0.3, -0.25) is 14.5 Å². The van der Waals surface area contributed by atoms with Crippen LogP contribution in [0.4, 0.5) is 4.79 Å². The lowest BCUT2D eigenvalue weighted by Crippen LogP contribution is -2.50. The predicted octanol–water partition coefficient (Wildman–Crippen LogP) is 2.76. The molecule has 1 spiro atoms. The van der Waals surface area contributed by atoms with Crippen molar-refractivity contribution >= 4 is 17.9 Å². The zero-order valence-corrected chi connectivity index (χ0v) is 17.8. The van der Waals surface area contributed by atoms with E-state index in [0.717, 1.165) is 17.7 Å². The molecule has 1 aromatic rings. The summed E-state index contributed by atoms with van der Waals surface area (Å²) in [6.07, 6.45) is 2.91. The molecule has 0 aromatic carbocycles. The minimum Gasteiger partial charge on any atom is -0.454 e. The third kappa shape index (κ3) is 4.43. The van der Waals surface area contributed by atoms with Crippen molar-refractivity contribution in [3.05, 3.63) is 11.7 Å². The van der Waals surface area contributed by atoms with E-state index in [1.807, 2.05) is 13.8 Å². The Morgan fingerprint density at radius 3 is 2.52 bits per heavy atom. The van der Waals surface area contributed by atoms with Gasteiger partial charge < -0.3 is 14.6 Å². The first-order chi connectivity index (χ1) is 13.5. The maximum Gasteiger partial charge on any atom is 0.326 e. The van der Waals surface area contributed by atoms with Gasteiger partial charge in [-0.25, -0.2) is 4.79 Å². The first-order valence-corrected chi connectivity index (χ1v) is 10.1. The Balaban J connectivity index is 1.55. The highest BCUT2D eigenvalue weighted by molar-refractivity contribution is 6.08. The molecule has 1 aliphatic heterocycles. The number of imide groups is 1. The summed E-state index contributed by atoms with van der Waals surface area (Å²) in [6.45, 7) is 9.80. The molecule has 0 radical (unpaired) electrons. The second-order valence-electron chi connectivity index (χ2n) is 9.41. The minimum absolute atomic E-state index is 0.0960. The molecule has 1 saturated heterocycles. The lowest BCUT2D eigenvalue weighted by molar-refractivity contribution is -0.149. The molecule has 3 rings (SSSR count). The number of nitrogens with zero attached hydrogens (tertiary/aromatic N) is 3. The number of carbonyl (C=O) groups is 3. The van der Waals surface area contributed by atoms with Crippen LogP contribution >= 0.6 is 0 Å². The smallest absolute Gasteiger partial charge is 0.326 e. The van der Waals surface area contributed by atoms with E-state index in [4.69, 9.17) is 9.26 Å². The minimum atomic E-state index is -0.891. The van der Waals surface area contributed by atoms with Gasteiger partial charge in [0.15, 0.2) is 12.4 Å². The van der Waals surface area contributed by atoms with E-state index in [9.17, 15) is 14.4 Å². The standard InChI is InChI=1S/C20H30N4O5/c1-12(2)16-21-14(29-23-16)11-28-15(25)10-24-17(26)20(22-18(24)27)8-6-13(7-9-20)19(3,4)5/h12-13H,6-11H2,1-5H3,(H,22,27). The monoisotopic (exact) mass is 406 g/mol. The summed E-state index contributed by atoms with van der Waals surface area (Å²) in [5, 5.41) is 6.62. The van der Waals surface area contributed by atoms with E-state index in [1.54, 1.807) is 0 Å². The largest absolute Gasteiger partial charge is 0.454 e. The highest BCUT2D eigenvalue weighted by Gasteiger charge is 2.53. The van der Waals surface area contributed by atoms with Crippen LogP contribution in [-0.4, -0.2) is 45.0 Å². The number of nitrogens with one attached hydrogen (secondary N) is 1. The number of hydrogen-bond acceptors (Lipinski definition) is 7. The number of hydrogen-bond donors (Lipinski definition) is 1. The van der Waals surface area contributed by atoms with Crippen molar-refractivity contribution < 1.29 is 23.6 Å². The molecule has 2 fully saturated rings. The molecule has 0 unspecified atom stereocenters. The summed E-state index contributed by atoms with van der Waals surface area (Å²) in [4.78, 5) is 42.5. The van der Waals surface area contributed by atoms with Crippen LogP contribution in [0.25, 0.3) is 0 Å². The van der Waals surface area contributed by atoms with Crippen LogP contribution in [0.5, 0.6) is 0 Å². The molecule has 1 saturated carbocycles. The average molecular weight is 406 g/mol. The van der Waals surface area contributed by atoms with Crippen LogP contribution in [-0.2, 0) is 20.9 Å². The van der Waals surface area contributed by atoms with Gasteiger partial charge in [-0.15, -0.1) is 0 Å². The number of rotatable bonds is 5. The molecule has 1 aromatic heterocycles. The molecular weight excluding hydrogens is 376 g/mol. The highest BCUT2D eigenvalue weighted by atomic mass is 16.6. The Bertz CT molecular complexity index is 787. The Labute approximate surface area is 170 Å². The Kier molecular flexibility index (Phi) is 5.69. The van der Waals surface area contributed by atoms with E-state index < -0.39 is 24.1 Å². The predicted molar refractivity (Wildman–Crippen MR) is 103 cm³/mol. The first-order valence-electron chi connectivity index (χ1n) is 10.1. The molecule has 2 heterocycles. The molecule has 1 aliphatic carbocycles. The number of amides is 3. The molecule has 160 valence electrons. The molecule has 9 heteroatoms. The maximum atomic E-state index is 12.9. The molecular formula is C20H30N4O5. The van der Waals surface area contributed by atoms with Crippen molar-refractivity contribution in [2.75, 3.05) is 6.54 Å². The van der Waals surface area contributed by atoms with Crippen molar-refractivity contribution in [3.63, 3.8) is 0 Å². The number of ether oxygens (including phenoxy) is 1. The SMILES string of the molecule is CC(C)c1noc(COC(=O)CN2C(=O)NC3(CCC(C(C)(C)C)CC3)C2=O)n1. The summed E-state index contributed by atoms with van der Waals surface area (Å²) in [5.74, 6) is 0.264. The number of esters is 1. The van der Waals surface area contributed by atoms with E-state index >= 15 is 0 Å². The molecule has 0 atom stereocenters. The van der Waals surface area contributed by atoms with Gasteiger partial charge in [-0.1, -0.05) is 39.8 Å².